The van der Waals surface area contributed by atoms with E-state index in [-0.39, 0.29) is 10.9 Å². The minimum absolute atomic E-state index is 0.113. The second-order valence-electron chi connectivity index (χ2n) is 2.67. The summed E-state index contributed by atoms with van der Waals surface area (Å²) in [6.45, 7) is 0. The van der Waals surface area contributed by atoms with Crippen molar-refractivity contribution in [3.05, 3.63) is 33.2 Å². The summed E-state index contributed by atoms with van der Waals surface area (Å²) < 4.78 is 24.9. The number of aromatic nitrogens is 1. The van der Waals surface area contributed by atoms with Gasteiger partial charge in [0.1, 0.15) is 5.56 Å². The van der Waals surface area contributed by atoms with Gasteiger partial charge >= 0.3 is 5.97 Å². The number of rotatable bonds is 3. The maximum absolute atomic E-state index is 12.5. The monoisotopic (exact) mass is 281 g/mol. The van der Waals surface area contributed by atoms with E-state index in [1.54, 1.807) is 0 Å². The fourth-order valence-electron chi connectivity index (χ4n) is 1.15. The lowest BCUT2D eigenvalue weighted by Gasteiger charge is -2.08. The Bertz CT molecular complexity index is 444. The molecule has 0 aliphatic heterocycles. The summed E-state index contributed by atoms with van der Waals surface area (Å²) in [5, 5.41) is 8.59. The molecule has 0 atom stereocenters. The molecule has 0 aliphatic rings. The van der Waals surface area contributed by atoms with Crippen LogP contribution in [-0.4, -0.2) is 16.1 Å². The molecule has 0 amide bonds. The molecule has 0 spiro atoms. The van der Waals surface area contributed by atoms with Crippen molar-refractivity contribution in [3.8, 4) is 0 Å². The van der Waals surface area contributed by atoms with E-state index in [0.29, 0.717) is 0 Å². The van der Waals surface area contributed by atoms with Crippen LogP contribution >= 0.6 is 15.9 Å². The normalized spacial score (nSPS) is 10.7. The number of nitrogens with one attached hydrogen (secondary N) is 1. The summed E-state index contributed by atoms with van der Waals surface area (Å²) in [7, 11) is 0. The van der Waals surface area contributed by atoms with Crippen molar-refractivity contribution in [1.29, 1.82) is 0 Å². The number of H-pyrrole nitrogens is 1. The van der Waals surface area contributed by atoms with E-state index in [4.69, 9.17) is 5.11 Å². The average Bonchev–Trinajstić information content (AvgIpc) is 2.15. The third-order valence-corrected chi connectivity index (χ3v) is 2.38. The molecule has 4 nitrogen and oxygen atoms in total. The Morgan fingerprint density at radius 2 is 2.20 bits per heavy atom. The molecular weight excluding hydrogens is 276 g/mol. The van der Waals surface area contributed by atoms with Crippen molar-refractivity contribution in [1.82, 2.24) is 4.98 Å². The molecule has 7 heteroatoms. The molecule has 2 N–H and O–H groups in total. The Morgan fingerprint density at radius 3 is 2.60 bits per heavy atom. The van der Waals surface area contributed by atoms with Crippen molar-refractivity contribution in [2.75, 3.05) is 0 Å². The number of hydrogen-bond donors (Lipinski definition) is 2. The number of alkyl halides is 3. The van der Waals surface area contributed by atoms with Crippen LogP contribution in [0.1, 0.15) is 27.9 Å². The van der Waals surface area contributed by atoms with Gasteiger partial charge in [-0.1, -0.05) is 15.9 Å². The molecule has 1 aromatic rings. The van der Waals surface area contributed by atoms with Crippen LogP contribution in [0.5, 0.6) is 0 Å². The number of hydrogen-bond acceptors (Lipinski definition) is 2. The number of pyridine rings is 1. The fraction of sp³-hybridized carbons (Fsp3) is 0.250. The maximum Gasteiger partial charge on any atom is 0.341 e. The second kappa shape index (κ2) is 4.52. The first-order valence-electron chi connectivity index (χ1n) is 3.81. The predicted octanol–water partition coefficient (Wildman–Crippen LogP) is 1.91. The SMILES string of the molecule is O=C(O)c1c(CBr)c(C(F)F)c[nH]c1=O. The van der Waals surface area contributed by atoms with Gasteiger partial charge in [0.2, 0.25) is 0 Å². The Hall–Kier alpha value is -1.24. The highest BCUT2D eigenvalue weighted by Crippen LogP contribution is 2.24. The topological polar surface area (TPSA) is 70.2 Å². The summed E-state index contributed by atoms with van der Waals surface area (Å²) in [5.74, 6) is -1.52. The highest BCUT2D eigenvalue weighted by molar-refractivity contribution is 9.08. The number of carboxylic acid groups (broad SMARTS) is 1. The van der Waals surface area contributed by atoms with Crippen molar-refractivity contribution in [2.24, 2.45) is 0 Å². The van der Waals surface area contributed by atoms with E-state index in [9.17, 15) is 18.4 Å². The molecule has 1 rings (SSSR count). The Morgan fingerprint density at radius 1 is 1.60 bits per heavy atom. The van der Waals surface area contributed by atoms with Crippen LogP contribution in [-0.2, 0) is 5.33 Å². The van der Waals surface area contributed by atoms with Gasteiger partial charge in [-0.05, 0) is 5.56 Å². The summed E-state index contributed by atoms with van der Waals surface area (Å²) >= 11 is 2.88. The van der Waals surface area contributed by atoms with Gasteiger partial charge in [-0.25, -0.2) is 13.6 Å². The van der Waals surface area contributed by atoms with E-state index in [1.807, 2.05) is 4.98 Å². The summed E-state index contributed by atoms with van der Waals surface area (Å²) in [5.41, 5.74) is -2.21. The zero-order valence-corrected chi connectivity index (χ0v) is 8.85. The van der Waals surface area contributed by atoms with Gasteiger partial charge in [-0.2, -0.15) is 0 Å². The molecule has 0 radical (unpaired) electrons. The fourth-order valence-corrected chi connectivity index (χ4v) is 1.75. The standard InChI is InChI=1S/C8H6BrF2NO3/c9-1-3-4(6(10)11)2-12-7(13)5(3)8(14)15/h2,6H,1H2,(H,12,13)(H,14,15). The molecule has 1 heterocycles. The first kappa shape index (κ1) is 11.8. The Balaban J connectivity index is 3.54. The van der Waals surface area contributed by atoms with E-state index >= 15 is 0 Å². The lowest BCUT2D eigenvalue weighted by atomic mass is 10.1. The van der Waals surface area contributed by atoms with Crippen molar-refractivity contribution in [2.45, 2.75) is 11.8 Å². The van der Waals surface area contributed by atoms with Gasteiger partial charge in [0.15, 0.2) is 0 Å². The largest absolute Gasteiger partial charge is 0.477 e. The van der Waals surface area contributed by atoms with Crippen LogP contribution in [0.25, 0.3) is 0 Å². The third-order valence-electron chi connectivity index (χ3n) is 1.82. The molecule has 0 saturated carbocycles. The van der Waals surface area contributed by atoms with Gasteiger partial charge < -0.3 is 10.1 Å². The molecule has 0 bridgehead atoms. The Labute approximate surface area is 91.1 Å². The Kier molecular flexibility index (Phi) is 3.57. The number of aromatic amines is 1. The lowest BCUT2D eigenvalue weighted by molar-refractivity contribution is 0.0693. The van der Waals surface area contributed by atoms with E-state index in [0.717, 1.165) is 6.20 Å². The number of halogens is 3. The van der Waals surface area contributed by atoms with Crippen LogP contribution < -0.4 is 5.56 Å². The van der Waals surface area contributed by atoms with Gasteiger partial charge in [0.05, 0.1) is 0 Å². The summed E-state index contributed by atoms with van der Waals surface area (Å²) in [6, 6.07) is 0. The molecule has 0 fully saturated rings. The molecule has 0 unspecified atom stereocenters. The smallest absolute Gasteiger partial charge is 0.341 e. The van der Waals surface area contributed by atoms with E-state index < -0.39 is 29.1 Å². The first-order valence-corrected chi connectivity index (χ1v) is 4.93. The molecule has 82 valence electrons. The van der Waals surface area contributed by atoms with E-state index in [1.165, 1.54) is 0 Å². The minimum Gasteiger partial charge on any atom is -0.477 e. The highest BCUT2D eigenvalue weighted by Gasteiger charge is 2.22. The minimum atomic E-state index is -2.83. The predicted molar refractivity (Wildman–Crippen MR) is 51.6 cm³/mol. The molecule has 0 aliphatic carbocycles. The number of aromatic carboxylic acids is 1. The zero-order valence-electron chi connectivity index (χ0n) is 7.26. The molecule has 0 saturated heterocycles. The van der Waals surface area contributed by atoms with Crippen LogP contribution in [0.4, 0.5) is 8.78 Å². The molecule has 0 aromatic carbocycles. The van der Waals surface area contributed by atoms with Crippen LogP contribution in [0.15, 0.2) is 11.0 Å². The van der Waals surface area contributed by atoms with Crippen LogP contribution in [0, 0.1) is 0 Å². The third kappa shape index (κ3) is 2.23. The highest BCUT2D eigenvalue weighted by atomic mass is 79.9. The quantitative estimate of drug-likeness (QED) is 0.832. The molecular formula is C8H6BrF2NO3. The number of carboxylic acids is 1. The van der Waals surface area contributed by atoms with Gasteiger partial charge in [0, 0.05) is 17.1 Å². The van der Waals surface area contributed by atoms with E-state index in [2.05, 4.69) is 15.9 Å². The average molecular weight is 282 g/mol. The van der Waals surface area contributed by atoms with Crippen molar-refractivity contribution < 1.29 is 18.7 Å². The zero-order chi connectivity index (χ0) is 11.6. The molecule has 1 aromatic heterocycles. The van der Waals surface area contributed by atoms with Gasteiger partial charge in [-0.15, -0.1) is 0 Å². The molecule has 15 heavy (non-hydrogen) atoms. The number of carbonyl (C=O) groups is 1. The lowest BCUT2D eigenvalue weighted by Crippen LogP contribution is -2.21. The van der Waals surface area contributed by atoms with Gasteiger partial charge in [0.25, 0.3) is 12.0 Å². The van der Waals surface area contributed by atoms with Crippen LogP contribution in [0.2, 0.25) is 0 Å². The van der Waals surface area contributed by atoms with Crippen molar-refractivity contribution in [3.63, 3.8) is 0 Å². The summed E-state index contributed by atoms with van der Waals surface area (Å²) in [6.07, 6.45) is -2.00. The first-order chi connectivity index (χ1) is 6.99. The summed E-state index contributed by atoms with van der Waals surface area (Å²) in [4.78, 5) is 23.8. The maximum atomic E-state index is 12.5. The van der Waals surface area contributed by atoms with Crippen molar-refractivity contribution >= 4 is 21.9 Å². The van der Waals surface area contributed by atoms with Crippen LogP contribution in [0.3, 0.4) is 0 Å². The van der Waals surface area contributed by atoms with Gasteiger partial charge in [-0.3, -0.25) is 4.79 Å². The second-order valence-corrected chi connectivity index (χ2v) is 3.23.